The van der Waals surface area contributed by atoms with Crippen LogP contribution in [0.4, 0.5) is 0 Å². The summed E-state index contributed by atoms with van der Waals surface area (Å²) in [5.74, 6) is 0. The number of aromatic nitrogens is 1. The molecular formula is C11H16N2O. The van der Waals surface area contributed by atoms with Crippen LogP contribution in [0.2, 0.25) is 0 Å². The van der Waals surface area contributed by atoms with E-state index in [-0.39, 0.29) is 0 Å². The number of nitrogens with one attached hydrogen (secondary N) is 1. The maximum atomic E-state index is 5.29. The maximum Gasteiger partial charge on any atom is 0.0620 e. The van der Waals surface area contributed by atoms with Gasteiger partial charge in [-0.15, -0.1) is 0 Å². The van der Waals surface area contributed by atoms with Crippen molar-refractivity contribution in [1.29, 1.82) is 0 Å². The molecule has 3 heteroatoms. The Morgan fingerprint density at radius 1 is 1.64 bits per heavy atom. The molecule has 1 atom stereocenters. The molecule has 1 aromatic rings. The zero-order valence-corrected chi connectivity index (χ0v) is 8.49. The van der Waals surface area contributed by atoms with Gasteiger partial charge < -0.3 is 10.1 Å². The van der Waals surface area contributed by atoms with Crippen LogP contribution < -0.4 is 5.32 Å². The van der Waals surface area contributed by atoms with Gasteiger partial charge in [0.05, 0.1) is 12.3 Å². The summed E-state index contributed by atoms with van der Waals surface area (Å²) in [6.07, 6.45) is 2.98. The highest BCUT2D eigenvalue weighted by Crippen LogP contribution is 2.05. The van der Waals surface area contributed by atoms with Crippen molar-refractivity contribution in [2.45, 2.75) is 25.9 Å². The van der Waals surface area contributed by atoms with Crippen LogP contribution in [0.5, 0.6) is 0 Å². The molecule has 3 nitrogen and oxygen atoms in total. The molecule has 0 spiro atoms. The van der Waals surface area contributed by atoms with Crippen molar-refractivity contribution in [2.24, 2.45) is 0 Å². The van der Waals surface area contributed by atoms with Crippen molar-refractivity contribution in [2.75, 3.05) is 13.2 Å². The van der Waals surface area contributed by atoms with E-state index in [0.717, 1.165) is 31.9 Å². The fourth-order valence-electron chi connectivity index (χ4n) is 1.64. The van der Waals surface area contributed by atoms with Gasteiger partial charge in [0.2, 0.25) is 0 Å². The quantitative estimate of drug-likeness (QED) is 0.783. The first-order valence-electron chi connectivity index (χ1n) is 5.07. The van der Waals surface area contributed by atoms with Gasteiger partial charge in [-0.3, -0.25) is 4.98 Å². The fourth-order valence-corrected chi connectivity index (χ4v) is 1.64. The molecule has 2 heterocycles. The molecule has 0 saturated carbocycles. The summed E-state index contributed by atoms with van der Waals surface area (Å²) in [6.45, 7) is 4.66. The largest absolute Gasteiger partial charge is 0.380 e. The van der Waals surface area contributed by atoms with Crippen LogP contribution >= 0.6 is 0 Å². The Bertz CT molecular complexity index is 295. The number of rotatable bonds is 3. The number of pyridine rings is 1. The first kappa shape index (κ1) is 9.62. The van der Waals surface area contributed by atoms with Crippen LogP contribution in [0.15, 0.2) is 18.3 Å². The molecule has 1 N–H and O–H groups in total. The molecule has 1 aliphatic rings. The lowest BCUT2D eigenvalue weighted by Crippen LogP contribution is -2.28. The average molecular weight is 192 g/mol. The zero-order chi connectivity index (χ0) is 9.80. The van der Waals surface area contributed by atoms with Crippen molar-refractivity contribution in [1.82, 2.24) is 10.3 Å². The predicted octanol–water partition coefficient (Wildman–Crippen LogP) is 1.27. The van der Waals surface area contributed by atoms with Crippen LogP contribution in [0, 0.1) is 6.92 Å². The van der Waals surface area contributed by atoms with Crippen LogP contribution in [0.25, 0.3) is 0 Å². The Hall–Kier alpha value is -0.930. The normalized spacial score (nSPS) is 21.4. The molecule has 0 bridgehead atoms. The summed E-state index contributed by atoms with van der Waals surface area (Å²) in [5.41, 5.74) is 2.37. The van der Waals surface area contributed by atoms with Crippen LogP contribution in [-0.2, 0) is 11.3 Å². The standard InChI is InChI=1S/C11H16N2O/c1-9-2-4-12-11(6-9)7-13-10-3-5-14-8-10/h2,4,6,10,13H,3,5,7-8H2,1H3. The minimum Gasteiger partial charge on any atom is -0.380 e. The Balaban J connectivity index is 1.85. The van der Waals surface area contributed by atoms with Gasteiger partial charge in [0, 0.05) is 25.4 Å². The lowest BCUT2D eigenvalue weighted by atomic mass is 10.2. The van der Waals surface area contributed by atoms with Crippen molar-refractivity contribution in [3.8, 4) is 0 Å². The Morgan fingerprint density at radius 3 is 3.29 bits per heavy atom. The lowest BCUT2D eigenvalue weighted by Gasteiger charge is -2.09. The molecule has 0 amide bonds. The SMILES string of the molecule is Cc1ccnc(CNC2CCOC2)c1. The molecule has 2 rings (SSSR count). The second-order valence-corrected chi connectivity index (χ2v) is 3.77. The maximum absolute atomic E-state index is 5.29. The third-order valence-corrected chi connectivity index (χ3v) is 2.47. The Morgan fingerprint density at radius 2 is 2.57 bits per heavy atom. The van der Waals surface area contributed by atoms with E-state index in [1.54, 1.807) is 0 Å². The summed E-state index contributed by atoms with van der Waals surface area (Å²) >= 11 is 0. The van der Waals surface area contributed by atoms with E-state index >= 15 is 0 Å². The van der Waals surface area contributed by atoms with Gasteiger partial charge in [-0.1, -0.05) is 0 Å². The molecule has 0 aromatic carbocycles. The smallest absolute Gasteiger partial charge is 0.0620 e. The minimum atomic E-state index is 0.511. The first-order valence-corrected chi connectivity index (χ1v) is 5.07. The molecule has 1 aliphatic heterocycles. The fraction of sp³-hybridized carbons (Fsp3) is 0.545. The van der Waals surface area contributed by atoms with E-state index in [1.165, 1.54) is 5.56 Å². The molecule has 76 valence electrons. The first-order chi connectivity index (χ1) is 6.84. The minimum absolute atomic E-state index is 0.511. The zero-order valence-electron chi connectivity index (χ0n) is 8.49. The molecule has 1 unspecified atom stereocenters. The Kier molecular flexibility index (Phi) is 3.11. The second kappa shape index (κ2) is 4.53. The van der Waals surface area contributed by atoms with Gasteiger partial charge in [-0.05, 0) is 31.0 Å². The monoisotopic (exact) mass is 192 g/mol. The van der Waals surface area contributed by atoms with E-state index in [0.29, 0.717) is 6.04 Å². The number of nitrogens with zero attached hydrogens (tertiary/aromatic N) is 1. The average Bonchev–Trinajstić information content (AvgIpc) is 2.67. The number of hydrogen-bond donors (Lipinski definition) is 1. The van der Waals surface area contributed by atoms with Gasteiger partial charge in [0.25, 0.3) is 0 Å². The topological polar surface area (TPSA) is 34.2 Å². The predicted molar refractivity (Wildman–Crippen MR) is 55.0 cm³/mol. The molecule has 0 radical (unpaired) electrons. The van der Waals surface area contributed by atoms with Gasteiger partial charge in [-0.2, -0.15) is 0 Å². The summed E-state index contributed by atoms with van der Waals surface area (Å²) in [5, 5.41) is 3.44. The molecule has 1 fully saturated rings. The summed E-state index contributed by atoms with van der Waals surface area (Å²) in [6, 6.07) is 4.64. The highest BCUT2D eigenvalue weighted by atomic mass is 16.5. The highest BCUT2D eigenvalue weighted by molar-refractivity contribution is 5.14. The van der Waals surface area contributed by atoms with E-state index in [4.69, 9.17) is 4.74 Å². The van der Waals surface area contributed by atoms with Gasteiger partial charge in [0.15, 0.2) is 0 Å². The van der Waals surface area contributed by atoms with Crippen molar-refractivity contribution < 1.29 is 4.74 Å². The van der Waals surface area contributed by atoms with Gasteiger partial charge >= 0.3 is 0 Å². The highest BCUT2D eigenvalue weighted by Gasteiger charge is 2.14. The molecule has 14 heavy (non-hydrogen) atoms. The number of aryl methyl sites for hydroxylation is 1. The molecule has 0 aliphatic carbocycles. The Labute approximate surface area is 84.5 Å². The van der Waals surface area contributed by atoms with Gasteiger partial charge in [-0.25, -0.2) is 0 Å². The van der Waals surface area contributed by atoms with E-state index < -0.39 is 0 Å². The van der Waals surface area contributed by atoms with Crippen molar-refractivity contribution >= 4 is 0 Å². The van der Waals surface area contributed by atoms with Crippen molar-refractivity contribution in [3.05, 3.63) is 29.6 Å². The van der Waals surface area contributed by atoms with Crippen molar-refractivity contribution in [3.63, 3.8) is 0 Å². The van der Waals surface area contributed by atoms with E-state index in [1.807, 2.05) is 12.3 Å². The summed E-state index contributed by atoms with van der Waals surface area (Å²) in [4.78, 5) is 4.30. The summed E-state index contributed by atoms with van der Waals surface area (Å²) < 4.78 is 5.29. The van der Waals surface area contributed by atoms with Gasteiger partial charge in [0.1, 0.15) is 0 Å². The van der Waals surface area contributed by atoms with Crippen LogP contribution in [0.1, 0.15) is 17.7 Å². The summed E-state index contributed by atoms with van der Waals surface area (Å²) in [7, 11) is 0. The van der Waals surface area contributed by atoms with E-state index in [9.17, 15) is 0 Å². The third-order valence-electron chi connectivity index (χ3n) is 2.47. The molecule has 1 saturated heterocycles. The molecule has 1 aromatic heterocycles. The second-order valence-electron chi connectivity index (χ2n) is 3.77. The third kappa shape index (κ3) is 2.53. The number of ether oxygens (including phenoxy) is 1. The number of hydrogen-bond acceptors (Lipinski definition) is 3. The van der Waals surface area contributed by atoms with Crippen LogP contribution in [0.3, 0.4) is 0 Å². The van der Waals surface area contributed by atoms with Crippen LogP contribution in [-0.4, -0.2) is 24.2 Å². The lowest BCUT2D eigenvalue weighted by molar-refractivity contribution is 0.189. The van der Waals surface area contributed by atoms with E-state index in [2.05, 4.69) is 23.3 Å². The molecular weight excluding hydrogens is 176 g/mol.